The van der Waals surface area contributed by atoms with Crippen LogP contribution in [0.3, 0.4) is 0 Å². The molecule has 0 spiro atoms. The van der Waals surface area contributed by atoms with Crippen LogP contribution in [0, 0.1) is 6.92 Å². The van der Waals surface area contributed by atoms with Crippen LogP contribution in [0.25, 0.3) is 16.6 Å². The van der Waals surface area contributed by atoms with Crippen LogP contribution in [0.1, 0.15) is 36.6 Å². The van der Waals surface area contributed by atoms with Crippen molar-refractivity contribution in [3.8, 4) is 5.69 Å². The van der Waals surface area contributed by atoms with Gasteiger partial charge in [-0.15, -0.1) is 0 Å². The number of aryl methyl sites for hydroxylation is 1. The SMILES string of the molecule is Cc1ccccc1-n1ncc2c(C(C)C)nn(Cc3ccc(Br)cc3)c(=O)c21. The van der Waals surface area contributed by atoms with E-state index in [-0.39, 0.29) is 11.5 Å². The molecule has 0 saturated heterocycles. The number of para-hydroxylation sites is 1. The molecule has 2 heterocycles. The van der Waals surface area contributed by atoms with Crippen molar-refractivity contribution in [2.45, 2.75) is 33.2 Å². The maximum absolute atomic E-state index is 13.4. The van der Waals surface area contributed by atoms with Gasteiger partial charge >= 0.3 is 0 Å². The molecule has 0 amide bonds. The second-order valence-corrected chi connectivity index (χ2v) is 8.15. The standard InChI is InChI=1S/C22H21BrN4O/c1-14(2)20-18-12-24-27(19-7-5-4-6-15(19)3)21(18)22(28)26(25-20)13-16-8-10-17(23)11-9-16/h4-12,14H,13H2,1-3H3. The average molecular weight is 437 g/mol. The summed E-state index contributed by atoms with van der Waals surface area (Å²) in [6, 6.07) is 15.9. The van der Waals surface area contributed by atoms with Gasteiger partial charge in [0.05, 0.1) is 24.1 Å². The lowest BCUT2D eigenvalue weighted by Gasteiger charge is -2.13. The van der Waals surface area contributed by atoms with Crippen LogP contribution >= 0.6 is 15.9 Å². The third-order valence-electron chi connectivity index (χ3n) is 4.85. The minimum Gasteiger partial charge on any atom is -0.265 e. The molecule has 142 valence electrons. The molecule has 0 aliphatic heterocycles. The summed E-state index contributed by atoms with van der Waals surface area (Å²) in [6.07, 6.45) is 1.76. The molecule has 5 nitrogen and oxygen atoms in total. The lowest BCUT2D eigenvalue weighted by molar-refractivity contribution is 0.612. The molecule has 6 heteroatoms. The number of aromatic nitrogens is 4. The van der Waals surface area contributed by atoms with E-state index in [1.165, 1.54) is 0 Å². The number of nitrogens with zero attached hydrogens (tertiary/aromatic N) is 4. The van der Waals surface area contributed by atoms with Gasteiger partial charge in [0.25, 0.3) is 5.56 Å². The molecule has 0 radical (unpaired) electrons. The lowest BCUT2D eigenvalue weighted by Crippen LogP contribution is -2.27. The van der Waals surface area contributed by atoms with Crippen molar-refractivity contribution in [3.63, 3.8) is 0 Å². The van der Waals surface area contributed by atoms with Gasteiger partial charge in [-0.1, -0.05) is 60.1 Å². The lowest BCUT2D eigenvalue weighted by atomic mass is 10.1. The van der Waals surface area contributed by atoms with Crippen molar-refractivity contribution in [1.82, 2.24) is 19.6 Å². The van der Waals surface area contributed by atoms with E-state index in [9.17, 15) is 4.79 Å². The van der Waals surface area contributed by atoms with Crippen LogP contribution in [0.15, 0.2) is 64.0 Å². The highest BCUT2D eigenvalue weighted by Crippen LogP contribution is 2.24. The average Bonchev–Trinajstić information content (AvgIpc) is 3.11. The molecule has 4 rings (SSSR count). The molecule has 0 aliphatic rings. The first-order valence-corrected chi connectivity index (χ1v) is 10.0. The molecule has 2 aromatic carbocycles. The second-order valence-electron chi connectivity index (χ2n) is 7.23. The van der Waals surface area contributed by atoms with Crippen molar-refractivity contribution >= 4 is 26.8 Å². The number of hydrogen-bond acceptors (Lipinski definition) is 3. The monoisotopic (exact) mass is 436 g/mol. The second kappa shape index (κ2) is 7.36. The van der Waals surface area contributed by atoms with E-state index in [0.29, 0.717) is 12.1 Å². The summed E-state index contributed by atoms with van der Waals surface area (Å²) in [6.45, 7) is 6.61. The molecule has 0 N–H and O–H groups in total. The zero-order valence-electron chi connectivity index (χ0n) is 16.1. The van der Waals surface area contributed by atoms with Gasteiger partial charge < -0.3 is 0 Å². The topological polar surface area (TPSA) is 52.7 Å². The summed E-state index contributed by atoms with van der Waals surface area (Å²) in [4.78, 5) is 13.4. The van der Waals surface area contributed by atoms with Gasteiger partial charge in [-0.05, 0) is 42.2 Å². The van der Waals surface area contributed by atoms with Gasteiger partial charge in [0.1, 0.15) is 5.52 Å². The van der Waals surface area contributed by atoms with Crippen molar-refractivity contribution in [1.29, 1.82) is 0 Å². The van der Waals surface area contributed by atoms with E-state index >= 15 is 0 Å². The summed E-state index contributed by atoms with van der Waals surface area (Å²) in [5.74, 6) is 0.175. The largest absolute Gasteiger partial charge is 0.293 e. The van der Waals surface area contributed by atoms with Crippen molar-refractivity contribution < 1.29 is 0 Å². The molecule has 0 atom stereocenters. The van der Waals surface area contributed by atoms with E-state index in [0.717, 1.165) is 32.4 Å². The number of hydrogen-bond donors (Lipinski definition) is 0. The third kappa shape index (κ3) is 3.29. The molecule has 0 fully saturated rings. The zero-order valence-corrected chi connectivity index (χ0v) is 17.6. The Morgan fingerprint density at radius 1 is 1.07 bits per heavy atom. The number of fused-ring (bicyclic) bond motifs is 1. The van der Waals surface area contributed by atoms with E-state index in [4.69, 9.17) is 0 Å². The molecular weight excluding hydrogens is 416 g/mol. The Bertz CT molecular complexity index is 1210. The Morgan fingerprint density at radius 3 is 2.46 bits per heavy atom. The molecule has 0 aliphatic carbocycles. The normalized spacial score (nSPS) is 11.5. The third-order valence-corrected chi connectivity index (χ3v) is 5.38. The Morgan fingerprint density at radius 2 is 1.79 bits per heavy atom. The highest BCUT2D eigenvalue weighted by Gasteiger charge is 2.19. The fraction of sp³-hybridized carbons (Fsp3) is 0.227. The van der Waals surface area contributed by atoms with Gasteiger partial charge in [-0.3, -0.25) is 4.79 Å². The maximum Gasteiger partial charge on any atom is 0.293 e. The Labute approximate surface area is 171 Å². The zero-order chi connectivity index (χ0) is 19.8. The molecule has 0 bridgehead atoms. The quantitative estimate of drug-likeness (QED) is 0.460. The van der Waals surface area contributed by atoms with Gasteiger partial charge in [-0.2, -0.15) is 10.2 Å². The van der Waals surface area contributed by atoms with Crippen molar-refractivity contribution in [2.24, 2.45) is 0 Å². The van der Waals surface area contributed by atoms with Gasteiger partial charge in [0, 0.05) is 9.86 Å². The van der Waals surface area contributed by atoms with E-state index < -0.39 is 0 Å². The summed E-state index contributed by atoms with van der Waals surface area (Å²) in [5, 5.41) is 10.0. The van der Waals surface area contributed by atoms with E-state index in [1.807, 2.05) is 55.5 Å². The van der Waals surface area contributed by atoms with Crippen molar-refractivity contribution in [3.05, 3.63) is 86.4 Å². The van der Waals surface area contributed by atoms with Crippen LogP contribution in [-0.2, 0) is 6.54 Å². The summed E-state index contributed by atoms with van der Waals surface area (Å²) < 4.78 is 4.31. The first-order valence-electron chi connectivity index (χ1n) is 9.25. The fourth-order valence-corrected chi connectivity index (χ4v) is 3.64. The molecule has 2 aromatic heterocycles. The first-order chi connectivity index (χ1) is 13.5. The van der Waals surface area contributed by atoms with Gasteiger partial charge in [-0.25, -0.2) is 9.36 Å². The minimum atomic E-state index is -0.136. The summed E-state index contributed by atoms with van der Waals surface area (Å²) in [7, 11) is 0. The summed E-state index contributed by atoms with van der Waals surface area (Å²) >= 11 is 3.45. The number of benzene rings is 2. The van der Waals surface area contributed by atoms with Gasteiger partial charge in [0.15, 0.2) is 0 Å². The highest BCUT2D eigenvalue weighted by molar-refractivity contribution is 9.10. The Balaban J connectivity index is 1.95. The highest BCUT2D eigenvalue weighted by atomic mass is 79.9. The Kier molecular flexibility index (Phi) is 4.89. The minimum absolute atomic E-state index is 0.136. The molecule has 28 heavy (non-hydrogen) atoms. The molecule has 4 aromatic rings. The van der Waals surface area contributed by atoms with Gasteiger partial charge in [0.2, 0.25) is 0 Å². The van der Waals surface area contributed by atoms with Crippen LogP contribution in [0.2, 0.25) is 0 Å². The smallest absolute Gasteiger partial charge is 0.265 e. The Hall–Kier alpha value is -2.73. The predicted molar refractivity (Wildman–Crippen MR) is 115 cm³/mol. The molecule has 0 saturated carbocycles. The van der Waals surface area contributed by atoms with Crippen LogP contribution < -0.4 is 5.56 Å². The fourth-order valence-electron chi connectivity index (χ4n) is 3.37. The van der Waals surface area contributed by atoms with Crippen LogP contribution in [-0.4, -0.2) is 19.6 Å². The molecular formula is C22H21BrN4O. The number of rotatable bonds is 4. The number of halogens is 1. The molecule has 0 unspecified atom stereocenters. The summed E-state index contributed by atoms with van der Waals surface area (Å²) in [5.41, 5.74) is 4.31. The first kappa shape index (κ1) is 18.6. The van der Waals surface area contributed by atoms with Crippen LogP contribution in [0.4, 0.5) is 0 Å². The van der Waals surface area contributed by atoms with Crippen molar-refractivity contribution in [2.75, 3.05) is 0 Å². The van der Waals surface area contributed by atoms with E-state index in [1.54, 1.807) is 15.6 Å². The predicted octanol–water partition coefficient (Wildman–Crippen LogP) is 4.82. The van der Waals surface area contributed by atoms with E-state index in [2.05, 4.69) is 40.0 Å². The van der Waals surface area contributed by atoms with Crippen LogP contribution in [0.5, 0.6) is 0 Å². The maximum atomic E-state index is 13.4.